The smallest absolute Gasteiger partial charge is 0.266 e. The minimum absolute atomic E-state index is 0.0218. The van der Waals surface area contributed by atoms with E-state index in [0.717, 1.165) is 18.5 Å². The van der Waals surface area contributed by atoms with Gasteiger partial charge >= 0.3 is 0 Å². The molecule has 21 heavy (non-hydrogen) atoms. The molecule has 1 aliphatic carbocycles. The second kappa shape index (κ2) is 5.31. The van der Waals surface area contributed by atoms with E-state index in [2.05, 4.69) is 9.71 Å². The molecule has 0 atom stereocenters. The lowest BCUT2D eigenvalue weighted by Gasteiger charge is -2.09. The predicted octanol–water partition coefficient (Wildman–Crippen LogP) is 3.71. The average molecular weight is 364 g/mol. The molecule has 0 bridgehead atoms. The molecule has 0 amide bonds. The lowest BCUT2D eigenvalue weighted by atomic mass is 10.3. The van der Waals surface area contributed by atoms with Gasteiger partial charge in [-0.3, -0.25) is 4.72 Å². The summed E-state index contributed by atoms with van der Waals surface area (Å²) >= 11 is 13.1. The second-order valence-electron chi connectivity index (χ2n) is 4.77. The average Bonchev–Trinajstić information content (AvgIpc) is 3.09. The van der Waals surface area contributed by atoms with Crippen LogP contribution in [-0.2, 0) is 10.0 Å². The maximum Gasteiger partial charge on any atom is 0.266 e. The van der Waals surface area contributed by atoms with Gasteiger partial charge in [-0.1, -0.05) is 23.2 Å². The van der Waals surface area contributed by atoms with Crippen molar-refractivity contribution in [3.05, 3.63) is 33.3 Å². The minimum atomic E-state index is -3.90. The first-order valence-corrected chi connectivity index (χ1v) is 9.21. The molecule has 1 aliphatic rings. The van der Waals surface area contributed by atoms with Gasteiger partial charge in [0.15, 0.2) is 5.13 Å². The van der Waals surface area contributed by atoms with Gasteiger partial charge in [0.25, 0.3) is 10.0 Å². The van der Waals surface area contributed by atoms with Crippen molar-refractivity contribution in [1.82, 2.24) is 4.98 Å². The molecule has 0 radical (unpaired) electrons. The number of rotatable bonds is 4. The first-order chi connectivity index (χ1) is 9.87. The molecular weight excluding hydrogens is 353 g/mol. The fraction of sp³-hybridized carbons (Fsp3) is 0.250. The number of aromatic nitrogens is 1. The van der Waals surface area contributed by atoms with Crippen molar-refractivity contribution in [2.24, 2.45) is 0 Å². The Bertz CT molecular complexity index is 778. The second-order valence-corrected chi connectivity index (χ2v) is 8.06. The topological polar surface area (TPSA) is 85.1 Å². The van der Waals surface area contributed by atoms with Crippen molar-refractivity contribution in [3.8, 4) is 0 Å². The largest absolute Gasteiger partial charge is 0.399 e. The number of anilines is 2. The Morgan fingerprint density at radius 1 is 1.29 bits per heavy atom. The SMILES string of the molecule is Nc1cc(Cl)c(S(=O)(=O)Nc2nc(C3CC3)cs2)c(Cl)c1. The summed E-state index contributed by atoms with van der Waals surface area (Å²) in [5.41, 5.74) is 6.80. The maximum absolute atomic E-state index is 12.4. The molecule has 0 aliphatic heterocycles. The lowest BCUT2D eigenvalue weighted by molar-refractivity contribution is 0.601. The summed E-state index contributed by atoms with van der Waals surface area (Å²) in [6.45, 7) is 0. The van der Waals surface area contributed by atoms with E-state index in [1.807, 2.05) is 5.38 Å². The molecule has 3 rings (SSSR count). The number of hydrogen-bond donors (Lipinski definition) is 2. The van der Waals surface area contributed by atoms with Gasteiger partial charge in [0.05, 0.1) is 15.7 Å². The zero-order valence-electron chi connectivity index (χ0n) is 10.6. The molecule has 112 valence electrons. The van der Waals surface area contributed by atoms with Crippen LogP contribution in [0.5, 0.6) is 0 Å². The van der Waals surface area contributed by atoms with E-state index in [9.17, 15) is 8.42 Å². The number of nitrogen functional groups attached to an aromatic ring is 1. The summed E-state index contributed by atoms with van der Waals surface area (Å²) in [7, 11) is -3.90. The Morgan fingerprint density at radius 2 is 1.90 bits per heavy atom. The van der Waals surface area contributed by atoms with Gasteiger partial charge in [0.1, 0.15) is 4.90 Å². The van der Waals surface area contributed by atoms with Crippen molar-refractivity contribution in [3.63, 3.8) is 0 Å². The van der Waals surface area contributed by atoms with Crippen LogP contribution >= 0.6 is 34.5 Å². The molecule has 0 spiro atoms. The monoisotopic (exact) mass is 363 g/mol. The van der Waals surface area contributed by atoms with Crippen LogP contribution in [0.2, 0.25) is 10.0 Å². The van der Waals surface area contributed by atoms with E-state index in [0.29, 0.717) is 16.7 Å². The van der Waals surface area contributed by atoms with Crippen LogP contribution in [0.15, 0.2) is 22.4 Å². The first kappa shape index (κ1) is 14.9. The zero-order chi connectivity index (χ0) is 15.2. The van der Waals surface area contributed by atoms with Gasteiger partial charge < -0.3 is 5.73 Å². The third-order valence-corrected chi connectivity index (χ3v) is 6.19. The number of sulfonamides is 1. The summed E-state index contributed by atoms with van der Waals surface area (Å²) in [4.78, 5) is 4.09. The predicted molar refractivity (Wildman–Crippen MR) is 85.8 cm³/mol. The molecule has 1 saturated carbocycles. The van der Waals surface area contributed by atoms with Crippen molar-refractivity contribution >= 4 is 55.4 Å². The Labute approximate surface area is 136 Å². The Hall–Kier alpha value is -1.02. The molecule has 0 unspecified atom stereocenters. The van der Waals surface area contributed by atoms with Crippen LogP contribution in [0.4, 0.5) is 10.8 Å². The number of halogens is 2. The summed E-state index contributed by atoms with van der Waals surface area (Å²) in [5, 5.41) is 2.13. The van der Waals surface area contributed by atoms with Gasteiger partial charge in [-0.25, -0.2) is 13.4 Å². The fourth-order valence-corrected chi connectivity index (χ4v) is 5.18. The summed E-state index contributed by atoms with van der Waals surface area (Å²) in [5.74, 6) is 0.461. The Balaban J connectivity index is 1.92. The third kappa shape index (κ3) is 3.11. The van der Waals surface area contributed by atoms with Crippen molar-refractivity contribution in [2.75, 3.05) is 10.5 Å². The van der Waals surface area contributed by atoms with E-state index < -0.39 is 10.0 Å². The third-order valence-electron chi connectivity index (χ3n) is 3.03. The normalized spacial score (nSPS) is 15.1. The molecule has 1 heterocycles. The molecule has 0 saturated heterocycles. The molecule has 1 aromatic heterocycles. The Morgan fingerprint density at radius 3 is 2.48 bits per heavy atom. The molecule has 1 aromatic carbocycles. The van der Waals surface area contributed by atoms with Crippen LogP contribution in [-0.4, -0.2) is 13.4 Å². The van der Waals surface area contributed by atoms with E-state index in [-0.39, 0.29) is 14.9 Å². The number of hydrogen-bond acceptors (Lipinski definition) is 5. The van der Waals surface area contributed by atoms with Crippen molar-refractivity contribution in [1.29, 1.82) is 0 Å². The van der Waals surface area contributed by atoms with E-state index in [1.54, 1.807) is 0 Å². The molecule has 2 aromatic rings. The lowest BCUT2D eigenvalue weighted by Crippen LogP contribution is -2.14. The zero-order valence-corrected chi connectivity index (χ0v) is 13.8. The van der Waals surface area contributed by atoms with E-state index >= 15 is 0 Å². The molecular formula is C12H11Cl2N3O2S2. The van der Waals surface area contributed by atoms with Gasteiger partial charge in [0, 0.05) is 17.0 Å². The minimum Gasteiger partial charge on any atom is -0.399 e. The standard InChI is InChI=1S/C12H11Cl2N3O2S2/c13-8-3-7(15)4-9(14)11(8)21(18,19)17-12-16-10(5-20-12)6-1-2-6/h3-6H,1-2,15H2,(H,16,17). The first-order valence-electron chi connectivity index (χ1n) is 6.09. The van der Waals surface area contributed by atoms with Crippen LogP contribution in [0, 0.1) is 0 Å². The molecule has 5 nitrogen and oxygen atoms in total. The quantitative estimate of drug-likeness (QED) is 0.810. The van der Waals surface area contributed by atoms with Crippen molar-refractivity contribution < 1.29 is 8.42 Å². The number of nitrogens with one attached hydrogen (secondary N) is 1. The van der Waals surface area contributed by atoms with Crippen LogP contribution in [0.3, 0.4) is 0 Å². The summed E-state index contributed by atoms with van der Waals surface area (Å²) in [6.07, 6.45) is 2.21. The van der Waals surface area contributed by atoms with Crippen LogP contribution < -0.4 is 10.5 Å². The van der Waals surface area contributed by atoms with Crippen LogP contribution in [0.25, 0.3) is 0 Å². The van der Waals surface area contributed by atoms with Gasteiger partial charge in [0.2, 0.25) is 0 Å². The summed E-state index contributed by atoms with van der Waals surface area (Å²) < 4.78 is 27.2. The highest BCUT2D eigenvalue weighted by molar-refractivity contribution is 7.93. The number of nitrogens with zero attached hydrogens (tertiary/aromatic N) is 1. The molecule has 1 fully saturated rings. The number of nitrogens with two attached hydrogens (primary N) is 1. The molecule has 9 heteroatoms. The maximum atomic E-state index is 12.4. The fourth-order valence-electron chi connectivity index (χ4n) is 1.90. The number of thiazole rings is 1. The highest BCUT2D eigenvalue weighted by atomic mass is 35.5. The highest BCUT2D eigenvalue weighted by Crippen LogP contribution is 2.41. The van der Waals surface area contributed by atoms with Crippen LogP contribution in [0.1, 0.15) is 24.5 Å². The number of benzene rings is 1. The van der Waals surface area contributed by atoms with Gasteiger partial charge in [-0.2, -0.15) is 0 Å². The molecule has 3 N–H and O–H groups in total. The van der Waals surface area contributed by atoms with Gasteiger partial charge in [-0.15, -0.1) is 11.3 Å². The van der Waals surface area contributed by atoms with E-state index in [1.165, 1.54) is 23.5 Å². The highest BCUT2D eigenvalue weighted by Gasteiger charge is 2.28. The van der Waals surface area contributed by atoms with Crippen molar-refractivity contribution in [2.45, 2.75) is 23.7 Å². The van der Waals surface area contributed by atoms with Gasteiger partial charge in [-0.05, 0) is 25.0 Å². The van der Waals surface area contributed by atoms with E-state index in [4.69, 9.17) is 28.9 Å². The Kier molecular flexibility index (Phi) is 3.77. The summed E-state index contributed by atoms with van der Waals surface area (Å²) in [6, 6.07) is 2.69.